The molecule has 2 amide bonds. The van der Waals surface area contributed by atoms with E-state index in [0.717, 1.165) is 50.2 Å². The number of hydrogen-bond acceptors (Lipinski definition) is 8. The van der Waals surface area contributed by atoms with Gasteiger partial charge in [0.05, 0.1) is 51.0 Å². The number of carbonyl (C=O) groups excluding carboxylic acids is 1. The van der Waals surface area contributed by atoms with Crippen molar-refractivity contribution in [3.8, 4) is 17.2 Å². The van der Waals surface area contributed by atoms with E-state index in [2.05, 4.69) is 20.5 Å². The first-order valence-corrected chi connectivity index (χ1v) is 14.7. The number of benzene rings is 1. The molecule has 3 fully saturated rings. The number of likely N-dealkylation sites (tertiary alicyclic amines) is 1. The molecule has 6 rings (SSSR count). The number of fused-ring (bicyclic) bond motifs is 1. The number of alkyl halides is 1. The molecule has 0 saturated carbocycles. The Morgan fingerprint density at radius 2 is 2.07 bits per heavy atom. The maximum atomic E-state index is 12.2. The van der Waals surface area contributed by atoms with Crippen LogP contribution in [0.1, 0.15) is 19.3 Å². The molecule has 1 atom stereocenters. The Morgan fingerprint density at radius 3 is 2.78 bits per heavy atom. The monoisotopic (exact) mass is 584 g/mol. The number of rotatable bonds is 11. The van der Waals surface area contributed by atoms with Gasteiger partial charge in [-0.25, -0.2) is 4.79 Å². The number of pyridine rings is 1. The Labute approximate surface area is 244 Å². The van der Waals surface area contributed by atoms with Crippen molar-refractivity contribution in [2.24, 2.45) is 11.3 Å². The number of methoxy groups -OCH3 is 1. The molecule has 1 aliphatic carbocycles. The molecule has 10 nitrogen and oxygen atoms in total. The maximum Gasteiger partial charge on any atom is 0.319 e. The van der Waals surface area contributed by atoms with E-state index in [1.165, 1.54) is 6.42 Å². The third-order valence-electron chi connectivity index (χ3n) is 8.12. The summed E-state index contributed by atoms with van der Waals surface area (Å²) in [5, 5.41) is 6.08. The van der Waals surface area contributed by atoms with Crippen LogP contribution in [0, 0.1) is 11.3 Å². The highest BCUT2D eigenvalue weighted by Crippen LogP contribution is 2.38. The first kappa shape index (κ1) is 28.1. The van der Waals surface area contributed by atoms with E-state index >= 15 is 0 Å². The smallest absolute Gasteiger partial charge is 0.319 e. The van der Waals surface area contributed by atoms with Crippen LogP contribution in [0.25, 0.3) is 10.9 Å². The van der Waals surface area contributed by atoms with Gasteiger partial charge in [-0.3, -0.25) is 4.98 Å². The molecule has 1 unspecified atom stereocenters. The van der Waals surface area contributed by atoms with E-state index in [9.17, 15) is 4.79 Å². The number of urea groups is 1. The molecule has 4 aliphatic rings. The maximum absolute atomic E-state index is 12.2. The molecule has 2 aromatic rings. The quantitative estimate of drug-likeness (QED) is 0.303. The van der Waals surface area contributed by atoms with Crippen molar-refractivity contribution in [2.75, 3.05) is 66.3 Å². The lowest BCUT2D eigenvalue weighted by molar-refractivity contribution is -0.105. The highest BCUT2D eigenvalue weighted by atomic mass is 35.5. The van der Waals surface area contributed by atoms with E-state index in [1.807, 2.05) is 24.3 Å². The Balaban J connectivity index is 1.06. The standard InChI is InChI=1S/C30H37ClN4O6/c1-37-27-12-22-25(13-28(27)40-10-2-8-35-9-6-30(17-35)18-39-19-30)32-7-5-26(22)41-21-3-4-24(23(31)11-21)34-29(36)33-14-20-15-38-16-20/h3-5,7,12-13,20,23H,2,6,8-11,14-19H2,1H3,(H2,33,34,36). The summed E-state index contributed by atoms with van der Waals surface area (Å²) in [6.45, 7) is 7.62. The number of nitrogens with one attached hydrogen (secondary N) is 2. The van der Waals surface area contributed by atoms with Crippen LogP contribution in [0.15, 0.2) is 48.0 Å². The lowest BCUT2D eigenvalue weighted by Gasteiger charge is -2.37. The lowest BCUT2D eigenvalue weighted by atomic mass is 9.85. The van der Waals surface area contributed by atoms with Crippen LogP contribution in [0.2, 0.25) is 0 Å². The second-order valence-corrected chi connectivity index (χ2v) is 11.8. The minimum Gasteiger partial charge on any atom is -0.493 e. The highest BCUT2D eigenvalue weighted by Gasteiger charge is 2.44. The topological polar surface area (TPSA) is 103 Å². The molecule has 220 valence electrons. The lowest BCUT2D eigenvalue weighted by Crippen LogP contribution is -2.44. The molecule has 0 radical (unpaired) electrons. The molecule has 1 spiro atoms. The summed E-state index contributed by atoms with van der Waals surface area (Å²) >= 11 is 6.59. The molecule has 4 heterocycles. The van der Waals surface area contributed by atoms with Gasteiger partial charge < -0.3 is 39.2 Å². The fourth-order valence-electron chi connectivity index (χ4n) is 5.60. The normalized spacial score (nSPS) is 22.0. The number of carbonyl (C=O) groups is 1. The molecule has 3 aliphatic heterocycles. The number of hydrogen-bond donors (Lipinski definition) is 2. The van der Waals surface area contributed by atoms with E-state index < -0.39 is 5.38 Å². The van der Waals surface area contributed by atoms with E-state index in [1.54, 1.807) is 19.4 Å². The number of nitrogens with zero attached hydrogens (tertiary/aromatic N) is 2. The van der Waals surface area contributed by atoms with Crippen molar-refractivity contribution in [2.45, 2.75) is 24.6 Å². The van der Waals surface area contributed by atoms with Gasteiger partial charge in [-0.05, 0) is 43.7 Å². The fraction of sp³-hybridized carbons (Fsp3) is 0.533. The van der Waals surface area contributed by atoms with Gasteiger partial charge in [0.1, 0.15) is 11.5 Å². The molecule has 0 bridgehead atoms. The average molecular weight is 585 g/mol. The van der Waals surface area contributed by atoms with Gasteiger partial charge in [-0.15, -0.1) is 11.6 Å². The second kappa shape index (κ2) is 12.4. The predicted molar refractivity (Wildman–Crippen MR) is 155 cm³/mol. The van der Waals surface area contributed by atoms with Gasteiger partial charge >= 0.3 is 6.03 Å². The highest BCUT2D eigenvalue weighted by molar-refractivity contribution is 6.22. The molecule has 1 aromatic carbocycles. The first-order chi connectivity index (χ1) is 20.0. The third-order valence-corrected chi connectivity index (χ3v) is 8.51. The third kappa shape index (κ3) is 6.56. The van der Waals surface area contributed by atoms with Crippen molar-refractivity contribution in [1.82, 2.24) is 20.5 Å². The Hall–Kier alpha value is -3.05. The van der Waals surface area contributed by atoms with Crippen LogP contribution in [-0.4, -0.2) is 87.6 Å². The molecule has 41 heavy (non-hydrogen) atoms. The summed E-state index contributed by atoms with van der Waals surface area (Å²) in [4.78, 5) is 19.3. The summed E-state index contributed by atoms with van der Waals surface area (Å²) in [5.74, 6) is 2.99. The van der Waals surface area contributed by atoms with Gasteiger partial charge in [0.15, 0.2) is 11.5 Å². The summed E-state index contributed by atoms with van der Waals surface area (Å²) in [7, 11) is 1.63. The zero-order valence-electron chi connectivity index (χ0n) is 23.3. The SMILES string of the molecule is COc1cc2c(OC3=CC=C(NC(=O)NCC4COC4)C(Cl)C3)ccnc2cc1OCCCN1CCC2(COC2)C1. The van der Waals surface area contributed by atoms with Crippen LogP contribution in [0.5, 0.6) is 17.2 Å². The van der Waals surface area contributed by atoms with Gasteiger partial charge in [-0.1, -0.05) is 0 Å². The zero-order valence-corrected chi connectivity index (χ0v) is 24.1. The Kier molecular flexibility index (Phi) is 8.52. The first-order valence-electron chi connectivity index (χ1n) is 14.3. The molecule has 2 N–H and O–H groups in total. The molecule has 1 aromatic heterocycles. The summed E-state index contributed by atoms with van der Waals surface area (Å²) in [6.07, 6.45) is 7.91. The number of ether oxygens (including phenoxy) is 5. The van der Waals surface area contributed by atoms with Gasteiger partial charge in [-0.2, -0.15) is 0 Å². The van der Waals surface area contributed by atoms with Crippen molar-refractivity contribution in [1.29, 1.82) is 0 Å². The van der Waals surface area contributed by atoms with Crippen LogP contribution in [0.4, 0.5) is 4.79 Å². The summed E-state index contributed by atoms with van der Waals surface area (Å²) < 4.78 is 28.6. The van der Waals surface area contributed by atoms with Gasteiger partial charge in [0.2, 0.25) is 0 Å². The molecular weight excluding hydrogens is 548 g/mol. The predicted octanol–water partition coefficient (Wildman–Crippen LogP) is 3.84. The summed E-state index contributed by atoms with van der Waals surface area (Å²) in [5.41, 5.74) is 1.78. The summed E-state index contributed by atoms with van der Waals surface area (Å²) in [6, 6.07) is 5.34. The van der Waals surface area contributed by atoms with Crippen LogP contribution in [0.3, 0.4) is 0 Å². The second-order valence-electron chi connectivity index (χ2n) is 11.3. The fourth-order valence-corrected chi connectivity index (χ4v) is 5.88. The minimum atomic E-state index is -0.427. The Bertz CT molecular complexity index is 1330. The number of aromatic nitrogens is 1. The van der Waals surface area contributed by atoms with Crippen molar-refractivity contribution in [3.63, 3.8) is 0 Å². The van der Waals surface area contributed by atoms with Gasteiger partial charge in [0.25, 0.3) is 0 Å². The number of amides is 2. The zero-order chi connectivity index (χ0) is 28.2. The number of allylic oxidation sites excluding steroid dienone is 4. The van der Waals surface area contributed by atoms with Crippen molar-refractivity contribution < 1.29 is 28.5 Å². The largest absolute Gasteiger partial charge is 0.493 e. The average Bonchev–Trinajstić information content (AvgIpc) is 3.37. The van der Waals surface area contributed by atoms with Crippen LogP contribution in [-0.2, 0) is 9.47 Å². The Morgan fingerprint density at radius 1 is 1.20 bits per heavy atom. The molecule has 11 heteroatoms. The van der Waals surface area contributed by atoms with E-state index in [4.69, 9.17) is 35.3 Å². The van der Waals surface area contributed by atoms with E-state index in [-0.39, 0.29) is 6.03 Å². The molecular formula is C30H37ClN4O6. The van der Waals surface area contributed by atoms with Gasteiger partial charge in [0, 0.05) is 60.7 Å². The minimum absolute atomic E-state index is 0.273. The van der Waals surface area contributed by atoms with Crippen molar-refractivity contribution in [3.05, 3.63) is 48.0 Å². The van der Waals surface area contributed by atoms with Crippen molar-refractivity contribution >= 4 is 28.5 Å². The molecule has 3 saturated heterocycles. The van der Waals surface area contributed by atoms with Crippen LogP contribution < -0.4 is 24.8 Å². The van der Waals surface area contributed by atoms with Crippen LogP contribution >= 0.6 is 11.6 Å². The van der Waals surface area contributed by atoms with E-state index in [0.29, 0.717) is 72.8 Å². The number of halogens is 1.